The van der Waals surface area contributed by atoms with Gasteiger partial charge in [0.05, 0.1) is 18.9 Å². The minimum absolute atomic E-state index is 0.403. The highest BCUT2D eigenvalue weighted by Gasteiger charge is 2.11. The molecule has 0 atom stereocenters. The van der Waals surface area contributed by atoms with Crippen molar-refractivity contribution in [1.29, 1.82) is 0 Å². The maximum atomic E-state index is 6.08. The molecule has 0 radical (unpaired) electrons. The minimum Gasteiger partial charge on any atom is -0.494 e. The Morgan fingerprint density at radius 2 is 1.96 bits per heavy atom. The molecule has 0 unspecified atom stereocenters. The third-order valence-electron chi connectivity index (χ3n) is 4.55. The third-order valence-corrected chi connectivity index (χ3v) is 4.55. The molecule has 152 valence electrons. The van der Waals surface area contributed by atoms with Crippen LogP contribution in [0.1, 0.15) is 26.7 Å². The Morgan fingerprint density at radius 3 is 2.74 bits per heavy atom. The summed E-state index contributed by atoms with van der Waals surface area (Å²) in [6.45, 7) is 11.5. The number of aliphatic imine (C=N–C) groups is 1. The molecule has 1 aliphatic rings. The van der Waals surface area contributed by atoms with E-state index in [4.69, 9.17) is 15.2 Å². The Bertz CT molecular complexity index is 594. The molecule has 0 amide bonds. The van der Waals surface area contributed by atoms with Gasteiger partial charge in [-0.15, -0.1) is 0 Å². The lowest BCUT2D eigenvalue weighted by molar-refractivity contribution is 0.275. The van der Waals surface area contributed by atoms with Gasteiger partial charge in [0.1, 0.15) is 11.5 Å². The first kappa shape index (κ1) is 21.3. The van der Waals surface area contributed by atoms with Gasteiger partial charge in [0, 0.05) is 25.7 Å². The second-order valence-corrected chi connectivity index (χ2v) is 6.77. The predicted octanol–water partition coefficient (Wildman–Crippen LogP) is 2.24. The van der Waals surface area contributed by atoms with Crippen LogP contribution in [0.3, 0.4) is 0 Å². The van der Waals surface area contributed by atoms with E-state index in [1.807, 2.05) is 32.0 Å². The summed E-state index contributed by atoms with van der Waals surface area (Å²) in [5, 5.41) is 3.15. The average Bonchev–Trinajstić information content (AvgIpc) is 2.85. The van der Waals surface area contributed by atoms with Crippen LogP contribution in [-0.2, 0) is 0 Å². The zero-order valence-corrected chi connectivity index (χ0v) is 17.0. The van der Waals surface area contributed by atoms with Crippen molar-refractivity contribution in [3.05, 3.63) is 18.2 Å². The van der Waals surface area contributed by atoms with E-state index in [1.54, 1.807) is 0 Å². The molecule has 0 aromatic heterocycles. The molecule has 1 aliphatic heterocycles. The van der Waals surface area contributed by atoms with Gasteiger partial charge in [-0.3, -0.25) is 4.99 Å². The maximum absolute atomic E-state index is 6.08. The van der Waals surface area contributed by atoms with Crippen LogP contribution in [0.2, 0.25) is 0 Å². The minimum atomic E-state index is 0.403. The number of nitrogens with zero attached hydrogens (tertiary/aromatic N) is 3. The van der Waals surface area contributed by atoms with Crippen LogP contribution in [0.4, 0.5) is 5.69 Å². The molecule has 1 saturated heterocycles. The van der Waals surface area contributed by atoms with E-state index in [0.29, 0.717) is 25.7 Å². The van der Waals surface area contributed by atoms with Crippen molar-refractivity contribution >= 4 is 11.6 Å². The highest BCUT2D eigenvalue weighted by molar-refractivity contribution is 5.94. The molecule has 0 aliphatic carbocycles. The molecule has 1 fully saturated rings. The molecule has 1 heterocycles. The standard InChI is InChI=1S/C20H35N5O2/c1-4-26-17-8-9-19(27-5-2)18(16-17)23-20(21)22-10-6-12-25-13-7-11-24(3)14-15-25/h8-9,16H,4-7,10-15H2,1-3H3,(H3,21,22,23). The molecule has 7 heteroatoms. The molecule has 7 nitrogen and oxygen atoms in total. The summed E-state index contributed by atoms with van der Waals surface area (Å²) in [5.74, 6) is 1.93. The highest BCUT2D eigenvalue weighted by Crippen LogP contribution is 2.29. The van der Waals surface area contributed by atoms with Gasteiger partial charge in [-0.1, -0.05) is 0 Å². The SMILES string of the molecule is CCOc1ccc(OCC)c(NC(N)=NCCCN2CCCN(C)CC2)c1. The van der Waals surface area contributed by atoms with Gasteiger partial charge in [-0.2, -0.15) is 0 Å². The Labute approximate surface area is 163 Å². The Kier molecular flexibility index (Phi) is 9.21. The van der Waals surface area contributed by atoms with Crippen molar-refractivity contribution in [1.82, 2.24) is 9.80 Å². The quantitative estimate of drug-likeness (QED) is 0.391. The van der Waals surface area contributed by atoms with Crippen LogP contribution in [0.25, 0.3) is 0 Å². The highest BCUT2D eigenvalue weighted by atomic mass is 16.5. The first-order valence-electron chi connectivity index (χ1n) is 9.99. The van der Waals surface area contributed by atoms with Crippen LogP contribution in [0.5, 0.6) is 11.5 Å². The van der Waals surface area contributed by atoms with Crippen molar-refractivity contribution in [2.24, 2.45) is 10.7 Å². The summed E-state index contributed by atoms with van der Waals surface area (Å²) >= 11 is 0. The summed E-state index contributed by atoms with van der Waals surface area (Å²) in [6, 6.07) is 5.68. The fourth-order valence-electron chi connectivity index (χ4n) is 3.14. The second-order valence-electron chi connectivity index (χ2n) is 6.77. The average molecular weight is 378 g/mol. The molecule has 2 rings (SSSR count). The molecule has 0 spiro atoms. The van der Waals surface area contributed by atoms with Crippen LogP contribution in [-0.4, -0.2) is 75.3 Å². The van der Waals surface area contributed by atoms with E-state index in [1.165, 1.54) is 19.5 Å². The molecular formula is C20H35N5O2. The number of hydrogen-bond acceptors (Lipinski definition) is 5. The first-order valence-corrected chi connectivity index (χ1v) is 9.99. The maximum Gasteiger partial charge on any atom is 0.193 e. The molecule has 1 aromatic carbocycles. The predicted molar refractivity (Wildman–Crippen MR) is 112 cm³/mol. The molecule has 3 N–H and O–H groups in total. The largest absolute Gasteiger partial charge is 0.494 e. The lowest BCUT2D eigenvalue weighted by atomic mass is 10.2. The molecular weight excluding hydrogens is 342 g/mol. The number of benzene rings is 1. The van der Waals surface area contributed by atoms with E-state index >= 15 is 0 Å². The monoisotopic (exact) mass is 377 g/mol. The third kappa shape index (κ3) is 7.64. The molecule has 27 heavy (non-hydrogen) atoms. The Hall–Kier alpha value is -1.99. The number of rotatable bonds is 9. The van der Waals surface area contributed by atoms with E-state index in [9.17, 15) is 0 Å². The molecule has 0 bridgehead atoms. The van der Waals surface area contributed by atoms with Gasteiger partial charge >= 0.3 is 0 Å². The zero-order chi connectivity index (χ0) is 19.5. The lowest BCUT2D eigenvalue weighted by Crippen LogP contribution is -2.30. The van der Waals surface area contributed by atoms with Gasteiger partial charge in [0.2, 0.25) is 0 Å². The normalized spacial score (nSPS) is 16.8. The van der Waals surface area contributed by atoms with Crippen LogP contribution in [0, 0.1) is 0 Å². The van der Waals surface area contributed by atoms with Crippen molar-refractivity contribution < 1.29 is 9.47 Å². The van der Waals surface area contributed by atoms with Crippen LogP contribution in [0.15, 0.2) is 23.2 Å². The number of guanidine groups is 1. The molecule has 1 aromatic rings. The zero-order valence-electron chi connectivity index (χ0n) is 17.0. The summed E-state index contributed by atoms with van der Waals surface area (Å²) in [5.41, 5.74) is 6.86. The Balaban J connectivity index is 1.84. The second kappa shape index (κ2) is 11.7. The summed E-state index contributed by atoms with van der Waals surface area (Å²) in [4.78, 5) is 9.38. The molecule has 0 saturated carbocycles. The summed E-state index contributed by atoms with van der Waals surface area (Å²) < 4.78 is 11.2. The lowest BCUT2D eigenvalue weighted by Gasteiger charge is -2.19. The number of nitrogens with two attached hydrogens (primary N) is 1. The summed E-state index contributed by atoms with van der Waals surface area (Å²) in [7, 11) is 2.19. The Morgan fingerprint density at radius 1 is 1.15 bits per heavy atom. The van der Waals surface area contributed by atoms with E-state index in [-0.39, 0.29) is 0 Å². The van der Waals surface area contributed by atoms with Crippen molar-refractivity contribution in [3.63, 3.8) is 0 Å². The van der Waals surface area contributed by atoms with E-state index in [2.05, 4.69) is 27.2 Å². The smallest absolute Gasteiger partial charge is 0.193 e. The number of likely N-dealkylation sites (N-methyl/N-ethyl adjacent to an activating group) is 1. The van der Waals surface area contributed by atoms with Gasteiger partial charge in [-0.05, 0) is 65.5 Å². The number of ether oxygens (including phenoxy) is 2. The van der Waals surface area contributed by atoms with Gasteiger partial charge < -0.3 is 30.3 Å². The van der Waals surface area contributed by atoms with Gasteiger partial charge in [0.25, 0.3) is 0 Å². The fraction of sp³-hybridized carbons (Fsp3) is 0.650. The van der Waals surface area contributed by atoms with Gasteiger partial charge in [0.15, 0.2) is 5.96 Å². The van der Waals surface area contributed by atoms with Crippen molar-refractivity contribution in [3.8, 4) is 11.5 Å². The fourth-order valence-corrected chi connectivity index (χ4v) is 3.14. The number of nitrogens with one attached hydrogen (secondary N) is 1. The van der Waals surface area contributed by atoms with E-state index < -0.39 is 0 Å². The van der Waals surface area contributed by atoms with E-state index in [0.717, 1.165) is 43.2 Å². The van der Waals surface area contributed by atoms with Crippen molar-refractivity contribution in [2.45, 2.75) is 26.7 Å². The summed E-state index contributed by atoms with van der Waals surface area (Å²) in [6.07, 6.45) is 2.24. The van der Waals surface area contributed by atoms with Crippen LogP contribution < -0.4 is 20.5 Å². The first-order chi connectivity index (χ1) is 13.1. The number of anilines is 1. The van der Waals surface area contributed by atoms with Crippen molar-refractivity contribution in [2.75, 3.05) is 64.8 Å². The van der Waals surface area contributed by atoms with Crippen LogP contribution >= 0.6 is 0 Å². The number of hydrogen-bond donors (Lipinski definition) is 2. The topological polar surface area (TPSA) is 75.3 Å². The van der Waals surface area contributed by atoms with Gasteiger partial charge in [-0.25, -0.2) is 0 Å².